The normalized spacial score (nSPS) is 11.1. The number of carbonyl (C=O) groups is 2. The zero-order chi connectivity index (χ0) is 14.0. The van der Waals surface area contributed by atoms with E-state index in [9.17, 15) is 9.59 Å². The lowest BCUT2D eigenvalue weighted by Crippen LogP contribution is -2.57. The molecule has 18 heavy (non-hydrogen) atoms. The largest absolute Gasteiger partial charge is 0.394 e. The van der Waals surface area contributed by atoms with Gasteiger partial charge in [-0.05, 0) is 13.3 Å². The Hall–Kier alpha value is -1.18. The van der Waals surface area contributed by atoms with Crippen molar-refractivity contribution in [3.8, 4) is 0 Å². The van der Waals surface area contributed by atoms with Crippen molar-refractivity contribution < 1.29 is 24.9 Å². The molecule has 0 rings (SSSR count). The number of rotatable bonds is 9. The molecule has 0 aromatic heterocycles. The molecule has 2 amide bonds. The average Bonchev–Trinajstić information content (AvgIpc) is 2.36. The van der Waals surface area contributed by atoms with Crippen LogP contribution in [0.3, 0.4) is 0 Å². The van der Waals surface area contributed by atoms with E-state index in [0.29, 0.717) is 13.0 Å². The average molecular weight is 262 g/mol. The number of hydrogen-bond acceptors (Lipinski definition) is 5. The van der Waals surface area contributed by atoms with Crippen molar-refractivity contribution in [1.29, 1.82) is 0 Å². The third-order valence-electron chi connectivity index (χ3n) is 2.49. The number of nitrogens with one attached hydrogen (secondary N) is 2. The molecular formula is C11H22N2O5. The Morgan fingerprint density at radius 1 is 1.00 bits per heavy atom. The molecule has 106 valence electrons. The number of aliphatic hydroxyl groups excluding tert-OH is 3. The summed E-state index contributed by atoms with van der Waals surface area (Å²) in [6, 6.07) is 0. The van der Waals surface area contributed by atoms with E-state index in [1.54, 1.807) is 0 Å². The van der Waals surface area contributed by atoms with Gasteiger partial charge in [0.1, 0.15) is 5.54 Å². The number of aliphatic hydroxyl groups is 3. The molecule has 0 aromatic carbocycles. The molecule has 7 nitrogen and oxygen atoms in total. The molecule has 0 saturated heterocycles. The second-order valence-corrected chi connectivity index (χ2v) is 4.11. The fourth-order valence-corrected chi connectivity index (χ4v) is 1.32. The van der Waals surface area contributed by atoms with Crippen molar-refractivity contribution in [2.24, 2.45) is 0 Å². The highest BCUT2D eigenvalue weighted by atomic mass is 16.3. The minimum absolute atomic E-state index is 0.0961. The molecule has 0 aromatic rings. The van der Waals surface area contributed by atoms with Crippen LogP contribution < -0.4 is 10.6 Å². The second-order valence-electron chi connectivity index (χ2n) is 4.11. The smallest absolute Gasteiger partial charge is 0.220 e. The Morgan fingerprint density at radius 2 is 1.50 bits per heavy atom. The van der Waals surface area contributed by atoms with Crippen molar-refractivity contribution in [3.05, 3.63) is 0 Å². The summed E-state index contributed by atoms with van der Waals surface area (Å²) in [6.07, 6.45) is 0.709. The summed E-state index contributed by atoms with van der Waals surface area (Å²) in [5.41, 5.74) is -1.40. The van der Waals surface area contributed by atoms with Gasteiger partial charge >= 0.3 is 0 Å². The highest BCUT2D eigenvalue weighted by molar-refractivity contribution is 5.79. The van der Waals surface area contributed by atoms with Crippen LogP contribution in [0.5, 0.6) is 0 Å². The number of amides is 2. The maximum Gasteiger partial charge on any atom is 0.220 e. The molecule has 0 aliphatic rings. The van der Waals surface area contributed by atoms with Gasteiger partial charge in [-0.2, -0.15) is 0 Å². The first-order valence-electron chi connectivity index (χ1n) is 5.94. The van der Waals surface area contributed by atoms with E-state index in [2.05, 4.69) is 10.6 Å². The molecular weight excluding hydrogens is 240 g/mol. The van der Waals surface area contributed by atoms with Crippen molar-refractivity contribution in [3.63, 3.8) is 0 Å². The van der Waals surface area contributed by atoms with Crippen LogP contribution in [-0.2, 0) is 9.59 Å². The van der Waals surface area contributed by atoms with E-state index < -0.39 is 31.3 Å². The third-order valence-corrected chi connectivity index (χ3v) is 2.49. The topological polar surface area (TPSA) is 119 Å². The summed E-state index contributed by atoms with van der Waals surface area (Å²) in [4.78, 5) is 22.6. The van der Waals surface area contributed by atoms with Gasteiger partial charge in [0, 0.05) is 19.4 Å². The molecule has 0 bridgehead atoms. The zero-order valence-electron chi connectivity index (χ0n) is 10.6. The van der Waals surface area contributed by atoms with Gasteiger partial charge in [-0.1, -0.05) is 0 Å². The Labute approximate surface area is 106 Å². The summed E-state index contributed by atoms with van der Waals surface area (Å²) in [6.45, 7) is 0.697. The fraction of sp³-hybridized carbons (Fsp3) is 0.818. The highest BCUT2D eigenvalue weighted by Gasteiger charge is 2.29. The van der Waals surface area contributed by atoms with E-state index in [0.717, 1.165) is 0 Å². The monoisotopic (exact) mass is 262 g/mol. The molecule has 0 atom stereocenters. The predicted molar refractivity (Wildman–Crippen MR) is 64.7 cm³/mol. The van der Waals surface area contributed by atoms with E-state index in [1.807, 2.05) is 6.92 Å². The second kappa shape index (κ2) is 8.84. The maximum atomic E-state index is 11.5. The summed E-state index contributed by atoms with van der Waals surface area (Å²) in [5.74, 6) is -0.542. The summed E-state index contributed by atoms with van der Waals surface area (Å²) >= 11 is 0. The van der Waals surface area contributed by atoms with E-state index in [1.165, 1.54) is 0 Å². The molecule has 0 fully saturated rings. The summed E-state index contributed by atoms with van der Waals surface area (Å²) in [5, 5.41) is 32.0. The van der Waals surface area contributed by atoms with Crippen molar-refractivity contribution in [2.45, 2.75) is 31.7 Å². The molecule has 0 saturated carbocycles. The minimum Gasteiger partial charge on any atom is -0.394 e. The van der Waals surface area contributed by atoms with Crippen LogP contribution in [0, 0.1) is 0 Å². The van der Waals surface area contributed by atoms with Gasteiger partial charge in [-0.25, -0.2) is 0 Å². The lowest BCUT2D eigenvalue weighted by Gasteiger charge is -2.28. The van der Waals surface area contributed by atoms with Gasteiger partial charge < -0.3 is 26.0 Å². The van der Waals surface area contributed by atoms with Crippen molar-refractivity contribution in [1.82, 2.24) is 10.6 Å². The molecule has 0 aliphatic heterocycles. The van der Waals surface area contributed by atoms with Gasteiger partial charge in [-0.3, -0.25) is 9.59 Å². The maximum absolute atomic E-state index is 11.5. The van der Waals surface area contributed by atoms with E-state index in [-0.39, 0.29) is 18.7 Å². The van der Waals surface area contributed by atoms with Crippen LogP contribution in [0.1, 0.15) is 26.2 Å². The molecule has 0 spiro atoms. The fourth-order valence-electron chi connectivity index (χ4n) is 1.32. The van der Waals surface area contributed by atoms with Crippen LogP contribution in [-0.4, -0.2) is 59.0 Å². The van der Waals surface area contributed by atoms with Crippen LogP contribution in [0.2, 0.25) is 0 Å². The van der Waals surface area contributed by atoms with Crippen molar-refractivity contribution >= 4 is 11.8 Å². The van der Waals surface area contributed by atoms with Crippen LogP contribution in [0.15, 0.2) is 0 Å². The number of carbonyl (C=O) groups excluding carboxylic acids is 2. The molecule has 0 unspecified atom stereocenters. The standard InChI is InChI=1S/C11H22N2O5/c1-2-12-9(17)4-3-5-10(18)13-11(6-14,7-15)8-16/h14-16H,2-8H2,1H3,(H,12,17)(H,13,18). The van der Waals surface area contributed by atoms with Gasteiger partial charge in [0.25, 0.3) is 0 Å². The first-order valence-corrected chi connectivity index (χ1v) is 5.94. The Balaban J connectivity index is 4.00. The first kappa shape index (κ1) is 16.8. The Bertz CT molecular complexity index is 258. The van der Waals surface area contributed by atoms with Crippen LogP contribution >= 0.6 is 0 Å². The van der Waals surface area contributed by atoms with Gasteiger partial charge in [0.15, 0.2) is 0 Å². The molecule has 0 aliphatic carbocycles. The summed E-state index contributed by atoms with van der Waals surface area (Å²) in [7, 11) is 0. The minimum atomic E-state index is -1.40. The van der Waals surface area contributed by atoms with Gasteiger partial charge in [0.2, 0.25) is 11.8 Å². The van der Waals surface area contributed by atoms with Gasteiger partial charge in [-0.15, -0.1) is 0 Å². The summed E-state index contributed by atoms with van der Waals surface area (Å²) < 4.78 is 0. The number of hydrogen-bond donors (Lipinski definition) is 5. The molecule has 0 radical (unpaired) electrons. The van der Waals surface area contributed by atoms with Crippen LogP contribution in [0.4, 0.5) is 0 Å². The third kappa shape index (κ3) is 5.95. The SMILES string of the molecule is CCNC(=O)CCCC(=O)NC(CO)(CO)CO. The molecule has 0 heterocycles. The zero-order valence-corrected chi connectivity index (χ0v) is 10.6. The highest BCUT2D eigenvalue weighted by Crippen LogP contribution is 2.04. The lowest BCUT2D eigenvalue weighted by molar-refractivity contribution is -0.125. The Morgan fingerprint density at radius 3 is 1.94 bits per heavy atom. The van der Waals surface area contributed by atoms with Gasteiger partial charge in [0.05, 0.1) is 19.8 Å². The predicted octanol–water partition coefficient (Wildman–Crippen LogP) is -1.88. The molecule has 7 heteroatoms. The first-order chi connectivity index (χ1) is 8.53. The van der Waals surface area contributed by atoms with Crippen LogP contribution in [0.25, 0.3) is 0 Å². The molecule has 5 N–H and O–H groups in total. The quantitative estimate of drug-likeness (QED) is 0.333. The lowest BCUT2D eigenvalue weighted by atomic mass is 10.0. The van der Waals surface area contributed by atoms with E-state index in [4.69, 9.17) is 15.3 Å². The van der Waals surface area contributed by atoms with E-state index >= 15 is 0 Å². The van der Waals surface area contributed by atoms with Crippen molar-refractivity contribution in [2.75, 3.05) is 26.4 Å². The Kier molecular flexibility index (Phi) is 8.27.